The van der Waals surface area contributed by atoms with Gasteiger partial charge < -0.3 is 10.1 Å². The fourth-order valence-corrected chi connectivity index (χ4v) is 3.55. The van der Waals surface area contributed by atoms with Gasteiger partial charge in [0.05, 0.1) is 12.3 Å². The summed E-state index contributed by atoms with van der Waals surface area (Å²) in [7, 11) is 0. The van der Waals surface area contributed by atoms with E-state index in [1.165, 1.54) is 10.4 Å². The molecule has 1 unspecified atom stereocenters. The quantitative estimate of drug-likeness (QED) is 0.937. The Kier molecular flexibility index (Phi) is 4.15. The summed E-state index contributed by atoms with van der Waals surface area (Å²) in [6.07, 6.45) is 0.101. The molecule has 0 radical (unpaired) electrons. The van der Waals surface area contributed by atoms with E-state index in [1.807, 2.05) is 6.07 Å². The molecule has 0 aliphatic carbocycles. The van der Waals surface area contributed by atoms with E-state index >= 15 is 0 Å². The number of hydrogen-bond acceptors (Lipinski definition) is 4. The van der Waals surface area contributed by atoms with Gasteiger partial charge in [0.2, 0.25) is 0 Å². The van der Waals surface area contributed by atoms with Gasteiger partial charge in [-0.3, -0.25) is 0 Å². The first-order valence-electron chi connectivity index (χ1n) is 7.14. The Hall–Kier alpha value is -1.23. The summed E-state index contributed by atoms with van der Waals surface area (Å²) in [5, 5.41) is 4.47. The molecule has 4 heteroatoms. The van der Waals surface area contributed by atoms with Crippen LogP contribution in [0.15, 0.2) is 30.3 Å². The van der Waals surface area contributed by atoms with E-state index in [9.17, 15) is 0 Å². The minimum absolute atomic E-state index is 0.101. The summed E-state index contributed by atoms with van der Waals surface area (Å²) in [5.41, 5.74) is 2.32. The summed E-state index contributed by atoms with van der Waals surface area (Å²) in [4.78, 5) is 6.23. The Bertz CT molecular complexity index is 559. The highest BCUT2D eigenvalue weighted by atomic mass is 32.1. The Balaban J connectivity index is 1.98. The first-order chi connectivity index (χ1) is 9.75. The number of morpholine rings is 1. The highest BCUT2D eigenvalue weighted by molar-refractivity contribution is 7.12. The van der Waals surface area contributed by atoms with Crippen LogP contribution in [0.5, 0.6) is 0 Å². The number of aromatic nitrogens is 1. The van der Waals surface area contributed by atoms with Crippen molar-refractivity contribution in [2.24, 2.45) is 0 Å². The first kappa shape index (κ1) is 13.7. The molecule has 20 heavy (non-hydrogen) atoms. The summed E-state index contributed by atoms with van der Waals surface area (Å²) in [5.74, 6) is 0.480. The van der Waals surface area contributed by atoms with Crippen LogP contribution in [0.25, 0.3) is 11.3 Å². The Morgan fingerprint density at radius 1 is 1.30 bits per heavy atom. The molecule has 1 aliphatic rings. The monoisotopic (exact) mass is 288 g/mol. The summed E-state index contributed by atoms with van der Waals surface area (Å²) in [6.45, 7) is 7.01. The predicted molar refractivity (Wildman–Crippen MR) is 83.2 cm³/mol. The maximum atomic E-state index is 5.83. The third-order valence-electron chi connectivity index (χ3n) is 3.44. The number of nitrogens with one attached hydrogen (secondary N) is 1. The van der Waals surface area contributed by atoms with Crippen LogP contribution in [0.4, 0.5) is 0 Å². The number of thiazole rings is 1. The van der Waals surface area contributed by atoms with Gasteiger partial charge in [-0.15, -0.1) is 11.3 Å². The van der Waals surface area contributed by atoms with Gasteiger partial charge in [-0.25, -0.2) is 4.98 Å². The van der Waals surface area contributed by atoms with Gasteiger partial charge in [0.15, 0.2) is 0 Å². The molecule has 0 bridgehead atoms. The van der Waals surface area contributed by atoms with Gasteiger partial charge in [-0.1, -0.05) is 44.2 Å². The van der Waals surface area contributed by atoms with Crippen molar-refractivity contribution >= 4 is 11.3 Å². The van der Waals surface area contributed by atoms with E-state index in [0.29, 0.717) is 5.92 Å². The lowest BCUT2D eigenvalue weighted by Gasteiger charge is -2.21. The molecule has 0 amide bonds. The fourth-order valence-electron chi connectivity index (χ4n) is 2.40. The first-order valence-corrected chi connectivity index (χ1v) is 7.95. The van der Waals surface area contributed by atoms with Crippen LogP contribution in [0.2, 0.25) is 0 Å². The maximum absolute atomic E-state index is 5.83. The zero-order valence-electron chi connectivity index (χ0n) is 11.9. The molecule has 0 saturated carbocycles. The average Bonchev–Trinajstić information content (AvgIpc) is 2.94. The van der Waals surface area contributed by atoms with Crippen molar-refractivity contribution in [2.75, 3.05) is 19.7 Å². The Morgan fingerprint density at radius 2 is 2.10 bits per heavy atom. The van der Waals surface area contributed by atoms with Crippen LogP contribution in [0.1, 0.15) is 35.8 Å². The Morgan fingerprint density at radius 3 is 2.75 bits per heavy atom. The van der Waals surface area contributed by atoms with Crippen molar-refractivity contribution in [2.45, 2.75) is 25.9 Å². The van der Waals surface area contributed by atoms with Crippen LogP contribution in [-0.4, -0.2) is 24.7 Å². The fraction of sp³-hybridized carbons (Fsp3) is 0.438. The van der Waals surface area contributed by atoms with Crippen molar-refractivity contribution in [3.63, 3.8) is 0 Å². The third kappa shape index (κ3) is 2.77. The lowest BCUT2D eigenvalue weighted by atomic mass is 10.1. The smallest absolute Gasteiger partial charge is 0.124 e. The van der Waals surface area contributed by atoms with E-state index in [-0.39, 0.29) is 6.10 Å². The van der Waals surface area contributed by atoms with E-state index in [1.54, 1.807) is 11.3 Å². The minimum Gasteiger partial charge on any atom is -0.368 e. The molecule has 1 fully saturated rings. The van der Waals surface area contributed by atoms with Crippen LogP contribution >= 0.6 is 11.3 Å². The lowest BCUT2D eigenvalue weighted by Crippen LogP contribution is -2.33. The van der Waals surface area contributed by atoms with E-state index < -0.39 is 0 Å². The predicted octanol–water partition coefficient (Wildman–Crippen LogP) is 3.59. The second kappa shape index (κ2) is 6.04. The number of benzene rings is 1. The van der Waals surface area contributed by atoms with Gasteiger partial charge in [0, 0.05) is 23.5 Å². The number of nitrogens with zero attached hydrogens (tertiary/aromatic N) is 1. The van der Waals surface area contributed by atoms with Gasteiger partial charge in [-0.2, -0.15) is 0 Å². The SMILES string of the molecule is CC(C)c1sc(C2CNCCO2)nc1-c1ccccc1. The molecule has 106 valence electrons. The zero-order chi connectivity index (χ0) is 13.9. The lowest BCUT2D eigenvalue weighted by molar-refractivity contribution is 0.0276. The molecular formula is C16H20N2OS. The molecule has 2 aromatic rings. The normalized spacial score (nSPS) is 19.4. The summed E-state index contributed by atoms with van der Waals surface area (Å²) >= 11 is 1.79. The molecule has 1 atom stereocenters. The highest BCUT2D eigenvalue weighted by Crippen LogP contribution is 2.36. The topological polar surface area (TPSA) is 34.1 Å². The van der Waals surface area contributed by atoms with Gasteiger partial charge in [-0.05, 0) is 5.92 Å². The molecular weight excluding hydrogens is 268 g/mol. The van der Waals surface area contributed by atoms with E-state index in [4.69, 9.17) is 9.72 Å². The average molecular weight is 288 g/mol. The van der Waals surface area contributed by atoms with Gasteiger partial charge in [0.25, 0.3) is 0 Å². The van der Waals surface area contributed by atoms with Crippen molar-refractivity contribution in [3.8, 4) is 11.3 Å². The van der Waals surface area contributed by atoms with Crippen molar-refractivity contribution in [1.29, 1.82) is 0 Å². The zero-order valence-corrected chi connectivity index (χ0v) is 12.7. The van der Waals surface area contributed by atoms with Crippen LogP contribution in [-0.2, 0) is 4.74 Å². The molecule has 0 spiro atoms. The molecule has 1 aromatic carbocycles. The standard InChI is InChI=1S/C16H20N2OS/c1-11(2)15-14(12-6-4-3-5-7-12)18-16(20-15)13-10-17-8-9-19-13/h3-7,11,13,17H,8-10H2,1-2H3. The highest BCUT2D eigenvalue weighted by Gasteiger charge is 2.23. The second-order valence-corrected chi connectivity index (χ2v) is 6.41. The van der Waals surface area contributed by atoms with Crippen LogP contribution in [0.3, 0.4) is 0 Å². The van der Waals surface area contributed by atoms with E-state index in [2.05, 4.69) is 43.4 Å². The number of rotatable bonds is 3. The molecule has 1 aliphatic heterocycles. The van der Waals surface area contributed by atoms with E-state index in [0.717, 1.165) is 30.4 Å². The van der Waals surface area contributed by atoms with Gasteiger partial charge >= 0.3 is 0 Å². The largest absolute Gasteiger partial charge is 0.368 e. The third-order valence-corrected chi connectivity index (χ3v) is 4.89. The maximum Gasteiger partial charge on any atom is 0.124 e. The molecule has 1 saturated heterocycles. The van der Waals surface area contributed by atoms with Crippen molar-refractivity contribution < 1.29 is 4.74 Å². The van der Waals surface area contributed by atoms with Crippen LogP contribution < -0.4 is 5.32 Å². The van der Waals surface area contributed by atoms with Gasteiger partial charge in [0.1, 0.15) is 11.1 Å². The molecule has 1 N–H and O–H groups in total. The second-order valence-electron chi connectivity index (χ2n) is 5.35. The molecule has 3 nitrogen and oxygen atoms in total. The summed E-state index contributed by atoms with van der Waals surface area (Å²) in [6, 6.07) is 10.4. The van der Waals surface area contributed by atoms with Crippen LogP contribution in [0, 0.1) is 0 Å². The molecule has 2 heterocycles. The summed E-state index contributed by atoms with van der Waals surface area (Å²) < 4.78 is 5.83. The minimum atomic E-state index is 0.101. The van der Waals surface area contributed by atoms with Crippen molar-refractivity contribution in [1.82, 2.24) is 10.3 Å². The molecule has 3 rings (SSSR count). The Labute approximate surface area is 124 Å². The van der Waals surface area contributed by atoms with Crippen molar-refractivity contribution in [3.05, 3.63) is 40.2 Å². The number of ether oxygens (including phenoxy) is 1. The molecule has 1 aromatic heterocycles. The number of hydrogen-bond donors (Lipinski definition) is 1.